The largest absolute Gasteiger partial charge is 0.343 e. The molecule has 2 rings (SSSR count). The van der Waals surface area contributed by atoms with Gasteiger partial charge in [-0.2, -0.15) is 0 Å². The quantitative estimate of drug-likeness (QED) is 0.518. The lowest BCUT2D eigenvalue weighted by molar-refractivity contribution is -0.486. The Morgan fingerprint density at radius 1 is 1.67 bits per heavy atom. The summed E-state index contributed by atoms with van der Waals surface area (Å²) in [6.07, 6.45) is 2.80. The summed E-state index contributed by atoms with van der Waals surface area (Å²) in [6.45, 7) is 2.14. The van der Waals surface area contributed by atoms with Crippen LogP contribution in [0.15, 0.2) is 11.3 Å². The van der Waals surface area contributed by atoms with Gasteiger partial charge in [0.25, 0.3) is 5.96 Å². The maximum absolute atomic E-state index is 10.6. The third kappa shape index (κ3) is 3.05. The Hall–Kier alpha value is -1.48. The van der Waals surface area contributed by atoms with Crippen molar-refractivity contribution in [2.45, 2.75) is 13.0 Å². The fourth-order valence-corrected chi connectivity index (χ4v) is 2.96. The van der Waals surface area contributed by atoms with Gasteiger partial charge in [-0.3, -0.25) is 0 Å². The number of H-pyrrole nitrogens is 1. The summed E-state index contributed by atoms with van der Waals surface area (Å²) < 4.78 is 0.711. The zero-order chi connectivity index (χ0) is 13.1. The molecule has 0 aromatic carbocycles. The van der Waals surface area contributed by atoms with Crippen molar-refractivity contribution in [3.63, 3.8) is 0 Å². The summed E-state index contributed by atoms with van der Waals surface area (Å²) >= 11 is 6.50. The highest BCUT2D eigenvalue weighted by Crippen LogP contribution is 2.16. The number of aromatic nitrogens is 1. The number of rotatable bonds is 3. The number of hydrogen-bond acceptors (Lipinski definition) is 4. The van der Waals surface area contributed by atoms with Gasteiger partial charge in [0.05, 0.1) is 6.54 Å². The van der Waals surface area contributed by atoms with Crippen LogP contribution in [0, 0.1) is 14.1 Å². The number of nitrogens with zero attached hydrogens (tertiary/aromatic N) is 4. The fraction of sp³-hybridized carbons (Fsp3) is 0.556. The lowest BCUT2D eigenvalue weighted by Gasteiger charge is -2.34. The van der Waals surface area contributed by atoms with E-state index in [2.05, 4.69) is 10.1 Å². The molecule has 0 unspecified atom stereocenters. The van der Waals surface area contributed by atoms with Gasteiger partial charge in [-0.1, -0.05) is 0 Å². The van der Waals surface area contributed by atoms with Crippen molar-refractivity contribution in [3.8, 4) is 0 Å². The third-order valence-corrected chi connectivity index (χ3v) is 3.82. The first kappa shape index (κ1) is 13.0. The molecule has 1 fully saturated rings. The Kier molecular flexibility index (Phi) is 3.92. The number of nitrogens with one attached hydrogen (secondary N) is 1. The summed E-state index contributed by atoms with van der Waals surface area (Å²) in [5.74, 6) is 0.408. The minimum Gasteiger partial charge on any atom is -0.343 e. The van der Waals surface area contributed by atoms with Gasteiger partial charge >= 0.3 is 0 Å². The molecule has 2 heterocycles. The van der Waals surface area contributed by atoms with Crippen molar-refractivity contribution < 1.29 is 5.03 Å². The molecule has 0 atom stereocenters. The topological polar surface area (TPSA) is 77.8 Å². The number of aromatic amines is 1. The highest BCUT2D eigenvalue weighted by Gasteiger charge is 2.24. The average molecular weight is 287 g/mol. The van der Waals surface area contributed by atoms with Crippen molar-refractivity contribution in [2.24, 2.45) is 5.10 Å². The maximum Gasteiger partial charge on any atom is 0.274 e. The Morgan fingerprint density at radius 3 is 3.06 bits per heavy atom. The molecule has 0 radical (unpaired) electrons. The van der Waals surface area contributed by atoms with E-state index in [-0.39, 0.29) is 0 Å². The van der Waals surface area contributed by atoms with E-state index >= 15 is 0 Å². The van der Waals surface area contributed by atoms with E-state index in [9.17, 15) is 10.1 Å². The molecule has 98 valence electrons. The van der Waals surface area contributed by atoms with Crippen LogP contribution in [0.25, 0.3) is 0 Å². The fourth-order valence-electron chi connectivity index (χ4n) is 1.89. The predicted molar refractivity (Wildman–Crippen MR) is 71.6 cm³/mol. The first-order valence-corrected chi connectivity index (χ1v) is 6.65. The van der Waals surface area contributed by atoms with Crippen LogP contribution in [0.1, 0.15) is 11.3 Å². The highest BCUT2D eigenvalue weighted by atomic mass is 32.1. The first-order chi connectivity index (χ1) is 8.56. The molecular weight excluding hydrogens is 274 g/mol. The van der Waals surface area contributed by atoms with Crippen molar-refractivity contribution in [3.05, 3.63) is 25.1 Å². The molecule has 1 aliphatic rings. The molecule has 0 aliphatic carbocycles. The van der Waals surface area contributed by atoms with Gasteiger partial charge in [0, 0.05) is 31.2 Å². The second kappa shape index (κ2) is 5.44. The van der Waals surface area contributed by atoms with Gasteiger partial charge in [-0.15, -0.1) is 11.3 Å². The smallest absolute Gasteiger partial charge is 0.274 e. The molecule has 0 bridgehead atoms. The lowest BCUT2D eigenvalue weighted by Crippen LogP contribution is -2.48. The number of guanidine groups is 1. The van der Waals surface area contributed by atoms with Crippen molar-refractivity contribution in [1.82, 2.24) is 14.8 Å². The first-order valence-electron chi connectivity index (χ1n) is 5.43. The Morgan fingerprint density at radius 2 is 2.44 bits per heavy atom. The number of thiazole rings is 1. The lowest BCUT2D eigenvalue weighted by atomic mass is 10.3. The van der Waals surface area contributed by atoms with Crippen LogP contribution in [-0.2, 0) is 6.54 Å². The average Bonchev–Trinajstić information content (AvgIpc) is 2.69. The monoisotopic (exact) mass is 287 g/mol. The van der Waals surface area contributed by atoms with Crippen LogP contribution in [0.5, 0.6) is 0 Å². The Bertz CT molecular complexity index is 523. The van der Waals surface area contributed by atoms with E-state index in [1.807, 2.05) is 18.1 Å². The zero-order valence-electron chi connectivity index (χ0n) is 9.83. The van der Waals surface area contributed by atoms with E-state index in [0.29, 0.717) is 16.5 Å². The van der Waals surface area contributed by atoms with E-state index in [1.165, 1.54) is 11.3 Å². The van der Waals surface area contributed by atoms with E-state index in [0.717, 1.165) is 24.4 Å². The standard InChI is InChI=1S/C9H13N5O2S2/c1-12-3-2-4-13(8(12)11-14(15)16)6-7-5-10-9(17)18-7/h5H,2-4,6H2,1H3,(H,10,17)/b11-8+. The molecule has 0 amide bonds. The van der Waals surface area contributed by atoms with E-state index in [1.54, 1.807) is 4.90 Å². The van der Waals surface area contributed by atoms with Crippen LogP contribution in [-0.4, -0.2) is 45.9 Å². The molecule has 1 saturated heterocycles. The van der Waals surface area contributed by atoms with E-state index in [4.69, 9.17) is 12.2 Å². The summed E-state index contributed by atoms with van der Waals surface area (Å²) in [6, 6.07) is 0. The van der Waals surface area contributed by atoms with Crippen LogP contribution < -0.4 is 0 Å². The third-order valence-electron chi connectivity index (χ3n) is 2.64. The van der Waals surface area contributed by atoms with Crippen LogP contribution >= 0.6 is 23.6 Å². The molecule has 0 saturated carbocycles. The molecule has 1 aromatic rings. The second-order valence-electron chi connectivity index (χ2n) is 3.98. The van der Waals surface area contributed by atoms with Gasteiger partial charge in [-0.25, -0.2) is 10.1 Å². The Balaban J connectivity index is 2.18. The number of nitro groups is 1. The molecule has 7 nitrogen and oxygen atoms in total. The van der Waals surface area contributed by atoms with Gasteiger partial charge in [0.2, 0.25) is 0 Å². The second-order valence-corrected chi connectivity index (χ2v) is 5.78. The molecule has 9 heteroatoms. The molecule has 1 aromatic heterocycles. The summed E-state index contributed by atoms with van der Waals surface area (Å²) in [5, 5.41) is 13.4. The van der Waals surface area contributed by atoms with Gasteiger partial charge in [0.1, 0.15) is 5.10 Å². The zero-order valence-corrected chi connectivity index (χ0v) is 11.5. The minimum atomic E-state index is -0.650. The predicted octanol–water partition coefficient (Wildman–Crippen LogP) is 1.49. The number of hydrogen-bond donors (Lipinski definition) is 1. The molecule has 18 heavy (non-hydrogen) atoms. The minimum absolute atomic E-state index is 0.408. The van der Waals surface area contributed by atoms with E-state index < -0.39 is 5.03 Å². The summed E-state index contributed by atoms with van der Waals surface area (Å²) in [5.41, 5.74) is 0. The Labute approximate surface area is 113 Å². The van der Waals surface area contributed by atoms with Crippen molar-refractivity contribution in [2.75, 3.05) is 20.1 Å². The van der Waals surface area contributed by atoms with Gasteiger partial charge in [-0.05, 0) is 18.6 Å². The van der Waals surface area contributed by atoms with Crippen LogP contribution in [0.2, 0.25) is 0 Å². The van der Waals surface area contributed by atoms with Gasteiger partial charge < -0.3 is 14.8 Å². The normalized spacial score (nSPS) is 18.4. The van der Waals surface area contributed by atoms with Crippen molar-refractivity contribution in [1.29, 1.82) is 0 Å². The molecule has 0 spiro atoms. The molecule has 1 N–H and O–H groups in total. The SMILES string of the molecule is CN1CCCN(Cc2c[nH]c(=S)s2)/C1=N/[N+](=O)[O-]. The van der Waals surface area contributed by atoms with Gasteiger partial charge in [0.15, 0.2) is 8.99 Å². The summed E-state index contributed by atoms with van der Waals surface area (Å²) in [4.78, 5) is 18.3. The molecular formula is C9H13N5O2S2. The highest BCUT2D eigenvalue weighted by molar-refractivity contribution is 7.73. The van der Waals surface area contributed by atoms with Crippen LogP contribution in [0.4, 0.5) is 0 Å². The molecule has 1 aliphatic heterocycles. The number of hydrazone groups is 1. The van der Waals surface area contributed by atoms with Crippen LogP contribution in [0.3, 0.4) is 0 Å². The van der Waals surface area contributed by atoms with Crippen molar-refractivity contribution >= 4 is 29.5 Å². The summed E-state index contributed by atoms with van der Waals surface area (Å²) in [7, 11) is 1.81. The maximum atomic E-state index is 10.6.